The van der Waals surface area contributed by atoms with E-state index in [0.717, 1.165) is 11.1 Å². The number of aryl methyl sites for hydroxylation is 2. The van der Waals surface area contributed by atoms with Gasteiger partial charge in [-0.05, 0) is 54.8 Å². The highest BCUT2D eigenvalue weighted by molar-refractivity contribution is 6.34. The van der Waals surface area contributed by atoms with E-state index in [1.54, 1.807) is 24.3 Å². The van der Waals surface area contributed by atoms with Gasteiger partial charge < -0.3 is 5.32 Å². The minimum atomic E-state index is -0.338. The summed E-state index contributed by atoms with van der Waals surface area (Å²) in [4.78, 5) is 11.9. The monoisotopic (exact) mass is 303 g/mol. The van der Waals surface area contributed by atoms with Gasteiger partial charge in [0.15, 0.2) is 0 Å². The van der Waals surface area contributed by atoms with Gasteiger partial charge in [-0.2, -0.15) is 0 Å². The molecule has 0 radical (unpaired) electrons. The van der Waals surface area contributed by atoms with Crippen LogP contribution in [0.2, 0.25) is 5.02 Å². The average molecular weight is 304 g/mol. The van der Waals surface area contributed by atoms with Crippen LogP contribution < -0.4 is 5.32 Å². The third kappa shape index (κ3) is 4.17. The highest BCUT2D eigenvalue weighted by atomic mass is 35.5. The summed E-state index contributed by atoms with van der Waals surface area (Å²) in [6, 6.07) is 9.75. The number of anilines is 1. The molecule has 1 N–H and O–H groups in total. The fraction of sp³-hybridized carbons (Fsp3) is 0.118. The molecule has 2 nitrogen and oxygen atoms in total. The van der Waals surface area contributed by atoms with Crippen molar-refractivity contribution in [1.29, 1.82) is 0 Å². The Hall–Kier alpha value is -2.13. The molecule has 0 aliphatic rings. The first-order valence-corrected chi connectivity index (χ1v) is 6.85. The van der Waals surface area contributed by atoms with Crippen LogP contribution in [0.5, 0.6) is 0 Å². The summed E-state index contributed by atoms with van der Waals surface area (Å²) >= 11 is 6.13. The summed E-state index contributed by atoms with van der Waals surface area (Å²) in [5, 5.41) is 3.24. The second kappa shape index (κ2) is 6.55. The van der Waals surface area contributed by atoms with Crippen LogP contribution >= 0.6 is 11.6 Å². The molecule has 0 spiro atoms. The maximum Gasteiger partial charge on any atom is 0.248 e. The molecule has 0 aliphatic carbocycles. The summed E-state index contributed by atoms with van der Waals surface area (Å²) in [5.74, 6) is -0.650. The van der Waals surface area contributed by atoms with Crippen molar-refractivity contribution >= 4 is 29.3 Å². The number of halogens is 2. The van der Waals surface area contributed by atoms with E-state index in [9.17, 15) is 9.18 Å². The van der Waals surface area contributed by atoms with Crippen LogP contribution in [0, 0.1) is 19.7 Å². The van der Waals surface area contributed by atoms with E-state index < -0.39 is 0 Å². The lowest BCUT2D eigenvalue weighted by Gasteiger charge is -2.10. The quantitative estimate of drug-likeness (QED) is 0.815. The van der Waals surface area contributed by atoms with Crippen molar-refractivity contribution in [3.8, 4) is 0 Å². The van der Waals surface area contributed by atoms with Crippen LogP contribution in [-0.2, 0) is 4.79 Å². The largest absolute Gasteiger partial charge is 0.321 e. The van der Waals surface area contributed by atoms with E-state index in [2.05, 4.69) is 5.32 Å². The van der Waals surface area contributed by atoms with Crippen molar-refractivity contribution < 1.29 is 9.18 Å². The van der Waals surface area contributed by atoms with Gasteiger partial charge in [-0.25, -0.2) is 4.39 Å². The molecule has 0 heterocycles. The van der Waals surface area contributed by atoms with Crippen molar-refractivity contribution in [2.24, 2.45) is 0 Å². The van der Waals surface area contributed by atoms with Crippen molar-refractivity contribution in [3.63, 3.8) is 0 Å². The molecule has 0 aromatic heterocycles. The lowest BCUT2D eigenvalue weighted by atomic mass is 10.1. The summed E-state index contributed by atoms with van der Waals surface area (Å²) in [6.07, 6.45) is 2.90. The maximum absolute atomic E-state index is 13.0. The highest BCUT2D eigenvalue weighted by Gasteiger charge is 2.07. The summed E-state index contributed by atoms with van der Waals surface area (Å²) < 4.78 is 13.0. The molecule has 2 rings (SSSR count). The van der Waals surface area contributed by atoms with Crippen molar-refractivity contribution in [3.05, 3.63) is 70.0 Å². The average Bonchev–Trinajstić information content (AvgIpc) is 2.40. The smallest absolute Gasteiger partial charge is 0.248 e. The van der Waals surface area contributed by atoms with Gasteiger partial charge in [0.25, 0.3) is 0 Å². The zero-order valence-electron chi connectivity index (χ0n) is 11.8. The van der Waals surface area contributed by atoms with Crippen LogP contribution in [0.3, 0.4) is 0 Å². The molecule has 0 atom stereocenters. The molecular formula is C17H15ClFNO. The Morgan fingerprint density at radius 3 is 2.67 bits per heavy atom. The van der Waals surface area contributed by atoms with E-state index in [1.807, 2.05) is 19.9 Å². The maximum atomic E-state index is 13.0. The molecule has 0 aliphatic heterocycles. The lowest BCUT2D eigenvalue weighted by Crippen LogP contribution is -2.09. The fourth-order valence-corrected chi connectivity index (χ4v) is 2.39. The van der Waals surface area contributed by atoms with Crippen molar-refractivity contribution in [1.82, 2.24) is 0 Å². The molecule has 108 valence electrons. The molecule has 0 bridgehead atoms. The van der Waals surface area contributed by atoms with Crippen molar-refractivity contribution in [2.75, 3.05) is 5.32 Å². The van der Waals surface area contributed by atoms with Crippen LogP contribution in [0.15, 0.2) is 42.5 Å². The first-order chi connectivity index (χ1) is 9.95. The van der Waals surface area contributed by atoms with Gasteiger partial charge in [0, 0.05) is 6.08 Å². The van der Waals surface area contributed by atoms with Gasteiger partial charge in [0.2, 0.25) is 5.91 Å². The zero-order valence-corrected chi connectivity index (χ0v) is 12.5. The minimum Gasteiger partial charge on any atom is -0.321 e. The van der Waals surface area contributed by atoms with Crippen molar-refractivity contribution in [2.45, 2.75) is 13.8 Å². The van der Waals surface area contributed by atoms with Gasteiger partial charge in [-0.1, -0.05) is 29.8 Å². The SMILES string of the molecule is Cc1cc(C)c(NC(=O)/C=C/c2cccc(F)c2)c(Cl)c1. The van der Waals surface area contributed by atoms with Crippen LogP contribution in [0.25, 0.3) is 6.08 Å². The van der Waals surface area contributed by atoms with Crippen LogP contribution in [-0.4, -0.2) is 5.91 Å². The van der Waals surface area contributed by atoms with Gasteiger partial charge >= 0.3 is 0 Å². The Morgan fingerprint density at radius 1 is 1.24 bits per heavy atom. The number of carbonyl (C=O) groups is 1. The first kappa shape index (κ1) is 15.3. The first-order valence-electron chi connectivity index (χ1n) is 6.47. The van der Waals surface area contributed by atoms with E-state index >= 15 is 0 Å². The molecule has 0 saturated carbocycles. The van der Waals surface area contributed by atoms with E-state index in [1.165, 1.54) is 18.2 Å². The third-order valence-electron chi connectivity index (χ3n) is 2.96. The number of amides is 1. The second-order valence-electron chi connectivity index (χ2n) is 4.82. The summed E-state index contributed by atoms with van der Waals surface area (Å²) in [7, 11) is 0. The van der Waals surface area contributed by atoms with E-state index in [0.29, 0.717) is 16.3 Å². The molecule has 0 fully saturated rings. The Labute approximate surface area is 128 Å². The van der Waals surface area contributed by atoms with Crippen LogP contribution in [0.4, 0.5) is 10.1 Å². The third-order valence-corrected chi connectivity index (χ3v) is 3.25. The molecule has 1 amide bonds. The predicted molar refractivity (Wildman–Crippen MR) is 85.0 cm³/mol. The van der Waals surface area contributed by atoms with E-state index in [4.69, 9.17) is 11.6 Å². The van der Waals surface area contributed by atoms with Gasteiger partial charge in [0.05, 0.1) is 10.7 Å². The normalized spacial score (nSPS) is 10.9. The predicted octanol–water partition coefficient (Wildman–Crippen LogP) is 4.75. The second-order valence-corrected chi connectivity index (χ2v) is 5.22. The molecular weight excluding hydrogens is 289 g/mol. The lowest BCUT2D eigenvalue weighted by molar-refractivity contribution is -0.111. The van der Waals surface area contributed by atoms with Gasteiger partial charge in [-0.3, -0.25) is 4.79 Å². The number of hydrogen-bond acceptors (Lipinski definition) is 1. The number of hydrogen-bond donors (Lipinski definition) is 1. The standard InChI is InChI=1S/C17H15ClFNO/c1-11-8-12(2)17(15(18)9-11)20-16(21)7-6-13-4-3-5-14(19)10-13/h3-10H,1-2H3,(H,20,21)/b7-6+. The minimum absolute atomic E-state index is 0.312. The summed E-state index contributed by atoms with van der Waals surface area (Å²) in [5.41, 5.74) is 3.14. The topological polar surface area (TPSA) is 29.1 Å². The van der Waals surface area contributed by atoms with Crippen LogP contribution in [0.1, 0.15) is 16.7 Å². The molecule has 0 saturated heterocycles. The van der Waals surface area contributed by atoms with Gasteiger partial charge in [-0.15, -0.1) is 0 Å². The molecule has 0 unspecified atom stereocenters. The molecule has 4 heteroatoms. The number of rotatable bonds is 3. The Kier molecular flexibility index (Phi) is 4.76. The zero-order chi connectivity index (χ0) is 15.4. The Bertz CT molecular complexity index is 687. The van der Waals surface area contributed by atoms with Gasteiger partial charge in [0.1, 0.15) is 5.82 Å². The number of nitrogens with one attached hydrogen (secondary N) is 1. The number of carbonyl (C=O) groups excluding carboxylic acids is 1. The van der Waals surface area contributed by atoms with E-state index in [-0.39, 0.29) is 11.7 Å². The fourth-order valence-electron chi connectivity index (χ4n) is 2.02. The molecule has 21 heavy (non-hydrogen) atoms. The molecule has 2 aromatic rings. The Morgan fingerprint density at radius 2 is 2.00 bits per heavy atom. The highest BCUT2D eigenvalue weighted by Crippen LogP contribution is 2.27. The summed E-state index contributed by atoms with van der Waals surface area (Å²) in [6.45, 7) is 3.82. The number of benzene rings is 2. The Balaban J connectivity index is 2.12. The molecule has 2 aromatic carbocycles.